The Morgan fingerprint density at radius 1 is 1.05 bits per heavy atom. The average Bonchev–Trinajstić information content (AvgIpc) is 2.31. The molecule has 0 aliphatic carbocycles. The van der Waals surface area contributed by atoms with Crippen LogP contribution in [0.5, 0.6) is 5.75 Å². The number of nitrogens with one attached hydrogen (secondary N) is 1. The van der Waals surface area contributed by atoms with Crippen molar-refractivity contribution in [2.45, 2.75) is 6.54 Å². The predicted octanol–water partition coefficient (Wildman–Crippen LogP) is 5.10. The largest absolute Gasteiger partial charge is 0.508 e. The van der Waals surface area contributed by atoms with Crippen molar-refractivity contribution in [3.63, 3.8) is 0 Å². The van der Waals surface area contributed by atoms with Crippen LogP contribution in [-0.4, -0.2) is 5.11 Å². The zero-order chi connectivity index (χ0) is 14.0. The van der Waals surface area contributed by atoms with Crippen LogP contribution >= 0.6 is 34.8 Å². The van der Waals surface area contributed by atoms with Crippen LogP contribution in [0.25, 0.3) is 0 Å². The summed E-state index contributed by atoms with van der Waals surface area (Å²) in [5, 5.41) is 13.4. The maximum absolute atomic E-state index is 13.0. The number of hydrogen-bond donors (Lipinski definition) is 2. The predicted molar refractivity (Wildman–Crippen MR) is 76.9 cm³/mol. The zero-order valence-corrected chi connectivity index (χ0v) is 11.8. The van der Waals surface area contributed by atoms with Crippen molar-refractivity contribution in [3.8, 4) is 5.75 Å². The maximum Gasteiger partial charge on any atom is 0.126 e. The normalized spacial score (nSPS) is 10.5. The first kappa shape index (κ1) is 14.3. The van der Waals surface area contributed by atoms with E-state index < -0.39 is 5.82 Å². The van der Waals surface area contributed by atoms with E-state index in [9.17, 15) is 9.50 Å². The highest BCUT2D eigenvalue weighted by molar-refractivity contribution is 6.39. The lowest BCUT2D eigenvalue weighted by Crippen LogP contribution is -2.02. The molecule has 0 unspecified atom stereocenters. The summed E-state index contributed by atoms with van der Waals surface area (Å²) in [4.78, 5) is 0. The van der Waals surface area contributed by atoms with Crippen molar-refractivity contribution in [2.75, 3.05) is 5.32 Å². The minimum absolute atomic E-state index is 0.0642. The third-order valence-corrected chi connectivity index (χ3v) is 3.49. The van der Waals surface area contributed by atoms with Crippen LogP contribution in [0.3, 0.4) is 0 Å². The smallest absolute Gasteiger partial charge is 0.126 e. The molecule has 0 aliphatic rings. The fourth-order valence-corrected chi connectivity index (χ4v) is 2.44. The summed E-state index contributed by atoms with van der Waals surface area (Å²) in [5.41, 5.74) is 0.907. The zero-order valence-electron chi connectivity index (χ0n) is 9.55. The lowest BCUT2D eigenvalue weighted by molar-refractivity contribution is 0.469. The number of anilines is 1. The highest BCUT2D eigenvalue weighted by atomic mass is 35.5. The van der Waals surface area contributed by atoms with Gasteiger partial charge in [-0.15, -0.1) is 0 Å². The second-order valence-electron chi connectivity index (χ2n) is 3.84. The first-order chi connectivity index (χ1) is 8.99. The van der Waals surface area contributed by atoms with E-state index in [1.165, 1.54) is 6.07 Å². The van der Waals surface area contributed by atoms with E-state index in [0.29, 0.717) is 16.3 Å². The van der Waals surface area contributed by atoms with Gasteiger partial charge in [-0.2, -0.15) is 0 Å². The van der Waals surface area contributed by atoms with Crippen molar-refractivity contribution in [2.24, 2.45) is 0 Å². The molecule has 2 nitrogen and oxygen atoms in total. The van der Waals surface area contributed by atoms with Gasteiger partial charge in [0.05, 0.1) is 15.7 Å². The highest BCUT2D eigenvalue weighted by Crippen LogP contribution is 2.33. The van der Waals surface area contributed by atoms with Gasteiger partial charge in [0.1, 0.15) is 11.6 Å². The van der Waals surface area contributed by atoms with Crippen molar-refractivity contribution in [1.29, 1.82) is 0 Å². The molecule has 0 aliphatic heterocycles. The molecule has 19 heavy (non-hydrogen) atoms. The molecule has 0 radical (unpaired) electrons. The van der Waals surface area contributed by atoms with Gasteiger partial charge in [0.25, 0.3) is 0 Å². The highest BCUT2D eigenvalue weighted by Gasteiger charge is 2.11. The topological polar surface area (TPSA) is 32.3 Å². The van der Waals surface area contributed by atoms with E-state index in [4.69, 9.17) is 34.8 Å². The molecule has 2 aromatic carbocycles. The minimum atomic E-state index is -0.513. The number of aromatic hydroxyl groups is 1. The Balaban J connectivity index is 2.24. The van der Waals surface area contributed by atoms with Crippen molar-refractivity contribution < 1.29 is 9.50 Å². The number of hydrogen-bond acceptors (Lipinski definition) is 2. The molecule has 0 amide bonds. The van der Waals surface area contributed by atoms with Gasteiger partial charge in [-0.05, 0) is 24.3 Å². The molecule has 0 aromatic heterocycles. The van der Waals surface area contributed by atoms with Crippen LogP contribution in [0, 0.1) is 5.82 Å². The molecule has 0 bridgehead atoms. The van der Waals surface area contributed by atoms with Crippen LogP contribution < -0.4 is 5.32 Å². The van der Waals surface area contributed by atoms with Crippen LogP contribution in [0.2, 0.25) is 15.1 Å². The van der Waals surface area contributed by atoms with Gasteiger partial charge in [0.2, 0.25) is 0 Å². The van der Waals surface area contributed by atoms with Crippen LogP contribution in [0.4, 0.5) is 10.1 Å². The molecule has 0 fully saturated rings. The minimum Gasteiger partial charge on any atom is -0.508 e. The first-order valence-corrected chi connectivity index (χ1v) is 6.47. The fourth-order valence-electron chi connectivity index (χ4n) is 1.61. The summed E-state index contributed by atoms with van der Waals surface area (Å²) >= 11 is 17.8. The summed E-state index contributed by atoms with van der Waals surface area (Å²) in [5.74, 6) is -0.449. The molecular formula is C13H9Cl3FNO. The third kappa shape index (κ3) is 3.24. The number of benzene rings is 2. The van der Waals surface area contributed by atoms with E-state index in [1.807, 2.05) is 0 Å². The second kappa shape index (κ2) is 5.87. The number of phenolic OH excluding ortho intramolecular Hbond substituents is 1. The van der Waals surface area contributed by atoms with Gasteiger partial charge in [0, 0.05) is 17.1 Å². The molecule has 100 valence electrons. The standard InChI is InChI=1S/C13H9Cl3FNO/c14-9-2-1-3-12(19)8(9)6-18-13-10(15)4-7(17)5-11(13)16/h1-5,18-19H,6H2. The quantitative estimate of drug-likeness (QED) is 0.824. The van der Waals surface area contributed by atoms with Gasteiger partial charge in [-0.3, -0.25) is 0 Å². The Labute approximate surface area is 124 Å². The molecule has 0 atom stereocenters. The molecular weight excluding hydrogens is 312 g/mol. The second-order valence-corrected chi connectivity index (χ2v) is 5.06. The molecule has 0 saturated heterocycles. The molecule has 0 heterocycles. The summed E-state index contributed by atoms with van der Waals surface area (Å²) in [6, 6.07) is 7.13. The summed E-state index contributed by atoms with van der Waals surface area (Å²) in [6.07, 6.45) is 0. The average molecular weight is 321 g/mol. The van der Waals surface area contributed by atoms with Gasteiger partial charge in [-0.25, -0.2) is 4.39 Å². The van der Waals surface area contributed by atoms with Crippen molar-refractivity contribution in [3.05, 3.63) is 56.8 Å². The Bertz CT molecular complexity index is 576. The van der Waals surface area contributed by atoms with E-state index >= 15 is 0 Å². The number of halogens is 4. The van der Waals surface area contributed by atoms with E-state index in [1.54, 1.807) is 12.1 Å². The van der Waals surface area contributed by atoms with Crippen molar-refractivity contribution >= 4 is 40.5 Å². The van der Waals surface area contributed by atoms with Crippen LogP contribution in [-0.2, 0) is 6.54 Å². The third-order valence-electron chi connectivity index (χ3n) is 2.54. The Kier molecular flexibility index (Phi) is 4.40. The summed E-state index contributed by atoms with van der Waals surface area (Å²) in [6.45, 7) is 0.219. The maximum atomic E-state index is 13.0. The molecule has 2 rings (SSSR count). The van der Waals surface area contributed by atoms with Gasteiger partial charge in [0.15, 0.2) is 0 Å². The Hall–Kier alpha value is -1.16. The number of phenols is 1. The van der Waals surface area contributed by atoms with Gasteiger partial charge < -0.3 is 10.4 Å². The van der Waals surface area contributed by atoms with E-state index in [-0.39, 0.29) is 22.3 Å². The molecule has 0 saturated carbocycles. The SMILES string of the molecule is Oc1cccc(Cl)c1CNc1c(Cl)cc(F)cc1Cl. The molecule has 2 N–H and O–H groups in total. The van der Waals surface area contributed by atoms with Gasteiger partial charge in [-0.1, -0.05) is 40.9 Å². The summed E-state index contributed by atoms with van der Waals surface area (Å²) in [7, 11) is 0. The van der Waals surface area contributed by atoms with E-state index in [2.05, 4.69) is 5.32 Å². The van der Waals surface area contributed by atoms with Crippen LogP contribution in [0.1, 0.15) is 5.56 Å². The summed E-state index contributed by atoms with van der Waals surface area (Å²) < 4.78 is 13.0. The van der Waals surface area contributed by atoms with E-state index in [0.717, 1.165) is 12.1 Å². The Morgan fingerprint density at radius 2 is 1.68 bits per heavy atom. The van der Waals surface area contributed by atoms with Crippen molar-refractivity contribution in [1.82, 2.24) is 0 Å². The Morgan fingerprint density at radius 3 is 2.26 bits per heavy atom. The molecule has 6 heteroatoms. The first-order valence-electron chi connectivity index (χ1n) is 5.34. The lowest BCUT2D eigenvalue weighted by atomic mass is 10.2. The van der Waals surface area contributed by atoms with Crippen LogP contribution in [0.15, 0.2) is 30.3 Å². The molecule has 0 spiro atoms. The lowest BCUT2D eigenvalue weighted by Gasteiger charge is -2.12. The molecule has 2 aromatic rings. The monoisotopic (exact) mass is 319 g/mol. The van der Waals surface area contributed by atoms with Gasteiger partial charge >= 0.3 is 0 Å². The number of rotatable bonds is 3. The fraction of sp³-hybridized carbons (Fsp3) is 0.0769.